The molecule has 5 heteroatoms. The van der Waals surface area contributed by atoms with Crippen molar-refractivity contribution in [2.75, 3.05) is 11.9 Å². The highest BCUT2D eigenvalue weighted by atomic mass is 19.1. The number of rotatable bonds is 4. The Labute approximate surface area is 94.7 Å². The largest absolute Gasteiger partial charge is 0.323 e. The number of unbranched alkanes of at least 4 members (excludes halogenated alkanes) is 1. The fraction of sp³-hybridized carbons (Fsp3) is 0.364. The third kappa shape index (κ3) is 3.86. The molecule has 0 heterocycles. The van der Waals surface area contributed by atoms with Crippen LogP contribution in [0.2, 0.25) is 0 Å². The molecule has 16 heavy (non-hydrogen) atoms. The SMILES string of the molecule is CCCCN=C(NN)Nc1ccccc1F. The first kappa shape index (κ1) is 12.4. The van der Waals surface area contributed by atoms with Gasteiger partial charge in [-0.15, -0.1) is 0 Å². The second-order valence-corrected chi connectivity index (χ2v) is 3.33. The van der Waals surface area contributed by atoms with Crippen LogP contribution in [-0.4, -0.2) is 12.5 Å². The first-order chi connectivity index (χ1) is 7.77. The molecule has 88 valence electrons. The molecule has 0 amide bonds. The number of nitrogens with one attached hydrogen (secondary N) is 2. The van der Waals surface area contributed by atoms with Crippen LogP contribution in [0.5, 0.6) is 0 Å². The molecular formula is C11H17FN4. The first-order valence-corrected chi connectivity index (χ1v) is 5.30. The summed E-state index contributed by atoms with van der Waals surface area (Å²) in [5.74, 6) is 5.33. The average molecular weight is 224 g/mol. The number of halogens is 1. The van der Waals surface area contributed by atoms with Crippen LogP contribution in [0.3, 0.4) is 0 Å². The Morgan fingerprint density at radius 2 is 2.19 bits per heavy atom. The standard InChI is InChI=1S/C11H17FN4/c1-2-3-8-14-11(16-13)15-10-7-5-4-6-9(10)12/h4-7H,2-3,8,13H2,1H3,(H2,14,15,16). The molecule has 0 bridgehead atoms. The number of hydrogen-bond donors (Lipinski definition) is 3. The van der Waals surface area contributed by atoms with Crippen molar-refractivity contribution in [3.8, 4) is 0 Å². The van der Waals surface area contributed by atoms with Gasteiger partial charge in [-0.2, -0.15) is 0 Å². The fourth-order valence-corrected chi connectivity index (χ4v) is 1.16. The average Bonchev–Trinajstić information content (AvgIpc) is 2.30. The number of guanidine groups is 1. The number of hydrogen-bond acceptors (Lipinski definition) is 2. The van der Waals surface area contributed by atoms with Crippen molar-refractivity contribution in [1.82, 2.24) is 5.43 Å². The summed E-state index contributed by atoms with van der Waals surface area (Å²) in [6.45, 7) is 2.74. The highest BCUT2D eigenvalue weighted by Crippen LogP contribution is 2.11. The lowest BCUT2D eigenvalue weighted by atomic mass is 10.3. The van der Waals surface area contributed by atoms with Gasteiger partial charge < -0.3 is 5.32 Å². The normalized spacial score (nSPS) is 11.3. The van der Waals surface area contributed by atoms with Crippen LogP contribution in [0, 0.1) is 5.82 Å². The highest BCUT2D eigenvalue weighted by molar-refractivity contribution is 5.93. The summed E-state index contributed by atoms with van der Waals surface area (Å²) >= 11 is 0. The molecule has 0 aliphatic carbocycles. The summed E-state index contributed by atoms with van der Waals surface area (Å²) < 4.78 is 13.3. The van der Waals surface area contributed by atoms with Crippen LogP contribution < -0.4 is 16.6 Å². The van der Waals surface area contributed by atoms with E-state index in [2.05, 4.69) is 22.7 Å². The zero-order chi connectivity index (χ0) is 11.8. The molecule has 0 unspecified atom stereocenters. The topological polar surface area (TPSA) is 62.4 Å². The maximum atomic E-state index is 13.3. The van der Waals surface area contributed by atoms with E-state index in [0.29, 0.717) is 18.2 Å². The maximum Gasteiger partial charge on any atom is 0.210 e. The van der Waals surface area contributed by atoms with E-state index >= 15 is 0 Å². The summed E-state index contributed by atoms with van der Waals surface area (Å²) in [4.78, 5) is 4.17. The van der Waals surface area contributed by atoms with E-state index in [1.165, 1.54) is 6.07 Å². The van der Waals surface area contributed by atoms with Crippen LogP contribution in [0.1, 0.15) is 19.8 Å². The van der Waals surface area contributed by atoms with Crippen LogP contribution in [0.15, 0.2) is 29.3 Å². The van der Waals surface area contributed by atoms with Crippen LogP contribution >= 0.6 is 0 Å². The van der Waals surface area contributed by atoms with E-state index in [9.17, 15) is 4.39 Å². The van der Waals surface area contributed by atoms with Gasteiger partial charge in [0.2, 0.25) is 5.96 Å². The monoisotopic (exact) mass is 224 g/mol. The number of anilines is 1. The minimum atomic E-state index is -0.332. The number of benzene rings is 1. The molecule has 0 radical (unpaired) electrons. The van der Waals surface area contributed by atoms with Gasteiger partial charge >= 0.3 is 0 Å². The van der Waals surface area contributed by atoms with E-state index < -0.39 is 0 Å². The van der Waals surface area contributed by atoms with Crippen molar-refractivity contribution < 1.29 is 4.39 Å². The lowest BCUT2D eigenvalue weighted by Crippen LogP contribution is -2.36. The van der Waals surface area contributed by atoms with Gasteiger partial charge in [-0.1, -0.05) is 25.5 Å². The number of nitrogens with zero attached hydrogens (tertiary/aromatic N) is 1. The van der Waals surface area contributed by atoms with Crippen molar-refractivity contribution in [2.24, 2.45) is 10.8 Å². The molecule has 4 nitrogen and oxygen atoms in total. The number of para-hydroxylation sites is 1. The molecule has 0 aliphatic heterocycles. The highest BCUT2D eigenvalue weighted by Gasteiger charge is 2.02. The predicted octanol–water partition coefficient (Wildman–Crippen LogP) is 1.86. The molecule has 0 aromatic heterocycles. The van der Waals surface area contributed by atoms with Gasteiger partial charge in [0.15, 0.2) is 0 Å². The first-order valence-electron chi connectivity index (χ1n) is 5.30. The van der Waals surface area contributed by atoms with Crippen LogP contribution in [-0.2, 0) is 0 Å². The van der Waals surface area contributed by atoms with Gasteiger partial charge in [-0.3, -0.25) is 10.4 Å². The third-order valence-electron chi connectivity index (χ3n) is 2.05. The summed E-state index contributed by atoms with van der Waals surface area (Å²) in [5, 5.41) is 2.79. The van der Waals surface area contributed by atoms with Crippen LogP contribution in [0.25, 0.3) is 0 Å². The van der Waals surface area contributed by atoms with Gasteiger partial charge in [0.25, 0.3) is 0 Å². The Hall–Kier alpha value is -1.62. The van der Waals surface area contributed by atoms with E-state index in [1.54, 1.807) is 18.2 Å². The summed E-state index contributed by atoms with van der Waals surface area (Å²) in [6.07, 6.45) is 2.03. The molecule has 1 aromatic carbocycles. The molecule has 0 saturated carbocycles. The minimum absolute atomic E-state index is 0.332. The summed E-state index contributed by atoms with van der Waals surface area (Å²) in [6, 6.07) is 6.38. The number of hydrazine groups is 1. The molecule has 1 rings (SSSR count). The molecule has 0 aliphatic rings. The lowest BCUT2D eigenvalue weighted by Gasteiger charge is -2.09. The molecule has 1 aromatic rings. The zero-order valence-corrected chi connectivity index (χ0v) is 9.33. The van der Waals surface area contributed by atoms with Crippen molar-refractivity contribution >= 4 is 11.6 Å². The lowest BCUT2D eigenvalue weighted by molar-refractivity contribution is 0.632. The summed E-state index contributed by atoms with van der Waals surface area (Å²) in [7, 11) is 0. The third-order valence-corrected chi connectivity index (χ3v) is 2.05. The Bertz CT molecular complexity index is 352. The van der Waals surface area contributed by atoms with E-state index in [1.807, 2.05) is 0 Å². The molecule has 0 spiro atoms. The minimum Gasteiger partial charge on any atom is -0.323 e. The van der Waals surface area contributed by atoms with Gasteiger partial charge in [0, 0.05) is 6.54 Å². The Morgan fingerprint density at radius 3 is 2.81 bits per heavy atom. The molecule has 0 saturated heterocycles. The van der Waals surface area contributed by atoms with Crippen LogP contribution in [0.4, 0.5) is 10.1 Å². The molecule has 0 atom stereocenters. The van der Waals surface area contributed by atoms with Gasteiger partial charge in [-0.05, 0) is 18.6 Å². The predicted molar refractivity (Wildman–Crippen MR) is 64.6 cm³/mol. The van der Waals surface area contributed by atoms with E-state index in [4.69, 9.17) is 5.84 Å². The zero-order valence-electron chi connectivity index (χ0n) is 9.33. The second-order valence-electron chi connectivity index (χ2n) is 3.33. The number of nitrogens with two attached hydrogens (primary N) is 1. The Kier molecular flexibility index (Phi) is 5.28. The van der Waals surface area contributed by atoms with E-state index in [-0.39, 0.29) is 5.82 Å². The second kappa shape index (κ2) is 6.79. The maximum absolute atomic E-state index is 13.3. The van der Waals surface area contributed by atoms with E-state index in [0.717, 1.165) is 12.8 Å². The smallest absolute Gasteiger partial charge is 0.210 e. The molecular weight excluding hydrogens is 207 g/mol. The van der Waals surface area contributed by atoms with Gasteiger partial charge in [0.05, 0.1) is 5.69 Å². The summed E-state index contributed by atoms with van der Waals surface area (Å²) in [5.41, 5.74) is 2.77. The number of aliphatic imine (C=N–C) groups is 1. The van der Waals surface area contributed by atoms with Crippen molar-refractivity contribution in [3.63, 3.8) is 0 Å². The van der Waals surface area contributed by atoms with Crippen molar-refractivity contribution in [3.05, 3.63) is 30.1 Å². The Morgan fingerprint density at radius 1 is 1.44 bits per heavy atom. The van der Waals surface area contributed by atoms with Crippen molar-refractivity contribution in [2.45, 2.75) is 19.8 Å². The molecule has 4 N–H and O–H groups in total. The quantitative estimate of drug-likeness (QED) is 0.240. The fourth-order valence-electron chi connectivity index (χ4n) is 1.16. The van der Waals surface area contributed by atoms with Crippen molar-refractivity contribution in [1.29, 1.82) is 0 Å². The Balaban J connectivity index is 2.63. The molecule has 0 fully saturated rings. The van der Waals surface area contributed by atoms with Gasteiger partial charge in [-0.25, -0.2) is 10.2 Å². The van der Waals surface area contributed by atoms with Gasteiger partial charge in [0.1, 0.15) is 5.82 Å².